The topological polar surface area (TPSA) is 90.5 Å². The molecule has 0 saturated carbocycles. The van der Waals surface area contributed by atoms with E-state index in [9.17, 15) is 14.4 Å². The van der Waals surface area contributed by atoms with Crippen molar-refractivity contribution in [2.75, 3.05) is 19.2 Å². The van der Waals surface area contributed by atoms with Gasteiger partial charge in [0.25, 0.3) is 5.56 Å². The van der Waals surface area contributed by atoms with Gasteiger partial charge in [-0.25, -0.2) is 19.2 Å². The van der Waals surface area contributed by atoms with Crippen molar-refractivity contribution >= 4 is 22.8 Å². The minimum Gasteiger partial charge on any atom is -0.467 e. The van der Waals surface area contributed by atoms with E-state index < -0.39 is 24.0 Å². The van der Waals surface area contributed by atoms with Crippen LogP contribution in [0.5, 0.6) is 0 Å². The molecule has 2 unspecified atom stereocenters. The molecular formula is C16H17N3O5. The second kappa shape index (κ2) is 5.95. The van der Waals surface area contributed by atoms with Crippen LogP contribution in [0.25, 0.3) is 10.9 Å². The van der Waals surface area contributed by atoms with E-state index >= 15 is 0 Å². The second-order valence-corrected chi connectivity index (χ2v) is 5.33. The number of fused-ring (bicyclic) bond motifs is 1. The van der Waals surface area contributed by atoms with Gasteiger partial charge < -0.3 is 9.47 Å². The van der Waals surface area contributed by atoms with Crippen molar-refractivity contribution in [3.63, 3.8) is 0 Å². The number of carbonyl (C=O) groups excluding carboxylic acids is 2. The van der Waals surface area contributed by atoms with E-state index in [0.717, 1.165) is 0 Å². The van der Waals surface area contributed by atoms with Crippen LogP contribution in [0, 0.1) is 0 Å². The van der Waals surface area contributed by atoms with Gasteiger partial charge in [-0.1, -0.05) is 19.1 Å². The number of nitrogens with zero attached hydrogens (tertiary/aromatic N) is 3. The van der Waals surface area contributed by atoms with Crippen LogP contribution in [0.2, 0.25) is 0 Å². The monoisotopic (exact) mass is 331 g/mol. The van der Waals surface area contributed by atoms with Gasteiger partial charge in [0, 0.05) is 6.42 Å². The average molecular weight is 331 g/mol. The van der Waals surface area contributed by atoms with E-state index in [0.29, 0.717) is 23.1 Å². The Hall–Kier alpha value is -2.90. The average Bonchev–Trinajstić information content (AvgIpc) is 3.35. The van der Waals surface area contributed by atoms with E-state index in [4.69, 9.17) is 9.47 Å². The predicted molar refractivity (Wildman–Crippen MR) is 85.2 cm³/mol. The molecule has 1 aliphatic heterocycles. The van der Waals surface area contributed by atoms with E-state index in [-0.39, 0.29) is 5.56 Å². The number of carbonyl (C=O) groups is 2. The second-order valence-electron chi connectivity index (χ2n) is 5.33. The van der Waals surface area contributed by atoms with Gasteiger partial charge in [0.2, 0.25) is 0 Å². The number of hydrogen-bond donors (Lipinski definition) is 0. The molecule has 3 rings (SSSR count). The number of rotatable bonds is 4. The summed E-state index contributed by atoms with van der Waals surface area (Å²) in [4.78, 5) is 41.3. The Morgan fingerprint density at radius 3 is 2.25 bits per heavy atom. The highest BCUT2D eigenvalue weighted by atomic mass is 16.5. The quantitative estimate of drug-likeness (QED) is 0.575. The van der Waals surface area contributed by atoms with E-state index in [1.54, 1.807) is 24.3 Å². The molecule has 1 aromatic carbocycles. The molecule has 2 atom stereocenters. The summed E-state index contributed by atoms with van der Waals surface area (Å²) < 4.78 is 10.7. The van der Waals surface area contributed by atoms with Crippen LogP contribution in [0.3, 0.4) is 0 Å². The fourth-order valence-corrected chi connectivity index (χ4v) is 2.82. The summed E-state index contributed by atoms with van der Waals surface area (Å²) in [6.07, 6.45) is 0.457. The lowest BCUT2D eigenvalue weighted by Gasteiger charge is -2.14. The molecule has 24 heavy (non-hydrogen) atoms. The Bertz CT molecular complexity index is 854. The number of para-hydroxylation sites is 1. The Morgan fingerprint density at radius 1 is 1.12 bits per heavy atom. The van der Waals surface area contributed by atoms with Crippen molar-refractivity contribution in [2.45, 2.75) is 25.4 Å². The molecule has 0 bridgehead atoms. The number of ether oxygens (including phenoxy) is 2. The largest absolute Gasteiger partial charge is 0.467 e. The molecule has 1 fully saturated rings. The number of aromatic nitrogens is 2. The van der Waals surface area contributed by atoms with Crippen LogP contribution >= 0.6 is 0 Å². The van der Waals surface area contributed by atoms with E-state index in [1.807, 2.05) is 6.92 Å². The summed E-state index contributed by atoms with van der Waals surface area (Å²) in [5.74, 6) is -0.751. The molecule has 0 aliphatic carbocycles. The van der Waals surface area contributed by atoms with Crippen molar-refractivity contribution in [1.82, 2.24) is 9.66 Å². The van der Waals surface area contributed by atoms with Gasteiger partial charge in [0.05, 0.1) is 25.1 Å². The fraction of sp³-hybridized carbons (Fsp3) is 0.375. The first-order valence-electron chi connectivity index (χ1n) is 7.50. The SMILES string of the molecule is CCc1nc2ccccc2c(=O)n1N1C(C(=O)OC)C1C(=O)OC. The lowest BCUT2D eigenvalue weighted by molar-refractivity contribution is -0.144. The zero-order valence-electron chi connectivity index (χ0n) is 13.6. The summed E-state index contributed by atoms with van der Waals surface area (Å²) in [5, 5.41) is 1.77. The maximum Gasteiger partial charge on any atom is 0.333 e. The lowest BCUT2D eigenvalue weighted by Crippen LogP contribution is -2.36. The van der Waals surface area contributed by atoms with Crippen LogP contribution in [0.15, 0.2) is 29.1 Å². The minimum atomic E-state index is -0.895. The maximum atomic E-state index is 12.9. The molecule has 1 saturated heterocycles. The smallest absolute Gasteiger partial charge is 0.333 e. The molecule has 0 spiro atoms. The van der Waals surface area contributed by atoms with Gasteiger partial charge in [0.15, 0.2) is 12.1 Å². The molecule has 0 N–H and O–H groups in total. The number of esters is 2. The van der Waals surface area contributed by atoms with Crippen molar-refractivity contribution < 1.29 is 19.1 Å². The van der Waals surface area contributed by atoms with Crippen LogP contribution in [0.1, 0.15) is 12.7 Å². The van der Waals surface area contributed by atoms with Gasteiger partial charge in [-0.05, 0) is 12.1 Å². The molecule has 8 heteroatoms. The number of methoxy groups -OCH3 is 2. The fourth-order valence-electron chi connectivity index (χ4n) is 2.82. The summed E-state index contributed by atoms with van der Waals surface area (Å²) in [6.45, 7) is 1.84. The van der Waals surface area contributed by atoms with Gasteiger partial charge in [-0.3, -0.25) is 9.80 Å². The standard InChI is InChI=1S/C16H17N3O5/c1-4-11-17-10-8-6-5-7-9(10)14(20)18(11)19-12(15(21)23-2)13(19)16(22)24-3/h5-8,12-13H,4H2,1-3H3. The van der Waals surface area contributed by atoms with Crippen molar-refractivity contribution in [1.29, 1.82) is 0 Å². The van der Waals surface area contributed by atoms with Crippen LogP contribution in [-0.4, -0.2) is 47.9 Å². The summed E-state index contributed by atoms with van der Waals surface area (Å²) in [5.41, 5.74) is 0.236. The van der Waals surface area contributed by atoms with Crippen molar-refractivity contribution in [2.24, 2.45) is 0 Å². The van der Waals surface area contributed by atoms with E-state index in [1.165, 1.54) is 23.9 Å². The predicted octanol–water partition coefficient (Wildman–Crippen LogP) is -0.00630. The lowest BCUT2D eigenvalue weighted by atomic mass is 10.2. The summed E-state index contributed by atoms with van der Waals surface area (Å²) in [6, 6.07) is 5.15. The minimum absolute atomic E-state index is 0.335. The van der Waals surface area contributed by atoms with Crippen LogP contribution < -0.4 is 10.6 Å². The highest BCUT2D eigenvalue weighted by Gasteiger charge is 2.61. The van der Waals surface area contributed by atoms with Crippen LogP contribution in [-0.2, 0) is 25.5 Å². The molecule has 0 radical (unpaired) electrons. The molecule has 8 nitrogen and oxygen atoms in total. The molecule has 0 amide bonds. The Kier molecular flexibility index (Phi) is 3.96. The Balaban J connectivity index is 2.17. The number of aryl methyl sites for hydroxylation is 1. The van der Waals surface area contributed by atoms with E-state index in [2.05, 4.69) is 4.98 Å². The third-order valence-electron chi connectivity index (χ3n) is 4.03. The molecule has 2 heterocycles. The third-order valence-corrected chi connectivity index (χ3v) is 4.03. The van der Waals surface area contributed by atoms with Crippen molar-refractivity contribution in [3.8, 4) is 0 Å². The molecule has 1 aliphatic rings. The molecule has 2 aromatic rings. The highest BCUT2D eigenvalue weighted by molar-refractivity contribution is 5.97. The zero-order valence-corrected chi connectivity index (χ0v) is 13.6. The first-order valence-corrected chi connectivity index (χ1v) is 7.50. The van der Waals surface area contributed by atoms with Crippen LogP contribution in [0.4, 0.5) is 0 Å². The number of benzene rings is 1. The van der Waals surface area contributed by atoms with Crippen molar-refractivity contribution in [3.05, 3.63) is 40.4 Å². The highest BCUT2D eigenvalue weighted by Crippen LogP contribution is 2.29. The summed E-state index contributed by atoms with van der Waals surface area (Å²) in [7, 11) is 2.46. The number of hydrogen-bond acceptors (Lipinski definition) is 7. The molecular weight excluding hydrogens is 314 g/mol. The third kappa shape index (κ3) is 2.31. The maximum absolute atomic E-state index is 12.9. The normalized spacial score (nSPS) is 19.2. The first kappa shape index (κ1) is 16.0. The molecule has 126 valence electrons. The molecule has 1 aromatic heterocycles. The van der Waals surface area contributed by atoms with Gasteiger partial charge >= 0.3 is 11.9 Å². The zero-order chi connectivity index (χ0) is 17.4. The van der Waals surface area contributed by atoms with Gasteiger partial charge in [-0.15, -0.1) is 0 Å². The Labute approximate surface area is 137 Å². The first-order chi connectivity index (χ1) is 11.5. The van der Waals surface area contributed by atoms with Gasteiger partial charge in [-0.2, -0.15) is 0 Å². The Morgan fingerprint density at radius 2 is 1.71 bits per heavy atom. The van der Waals surface area contributed by atoms with Gasteiger partial charge in [0.1, 0.15) is 5.82 Å². The summed E-state index contributed by atoms with van der Waals surface area (Å²) >= 11 is 0.